The number of nitrogens with zero attached hydrogens (tertiary/aromatic N) is 2. The Balaban J connectivity index is 2.03. The molecule has 0 spiro atoms. The summed E-state index contributed by atoms with van der Waals surface area (Å²) in [4.78, 5) is 5.05. The first-order chi connectivity index (χ1) is 8.30. The largest absolute Gasteiger partial charge is 0.326 e. The summed E-state index contributed by atoms with van der Waals surface area (Å²) >= 11 is 0. The Hall–Kier alpha value is -0.120. The van der Waals surface area contributed by atoms with E-state index in [1.54, 1.807) is 0 Å². The molecule has 3 heteroatoms. The fourth-order valence-electron chi connectivity index (χ4n) is 3.90. The summed E-state index contributed by atoms with van der Waals surface area (Å²) in [5.41, 5.74) is 6.86. The van der Waals surface area contributed by atoms with Crippen LogP contribution in [0.4, 0.5) is 0 Å². The summed E-state index contributed by atoms with van der Waals surface area (Å²) in [5.74, 6) is 0.761. The molecule has 3 nitrogen and oxygen atoms in total. The maximum atomic E-state index is 6.39. The Labute approximate surface area is 113 Å². The fourth-order valence-corrected chi connectivity index (χ4v) is 3.90. The SMILES string of the molecule is CC1CN(C2CC(C)(C)CCC2N)CC1N(C)C. The molecule has 1 heterocycles. The second kappa shape index (κ2) is 5.10. The van der Waals surface area contributed by atoms with Gasteiger partial charge in [0.05, 0.1) is 0 Å². The molecular weight excluding hydrogens is 222 g/mol. The summed E-state index contributed by atoms with van der Waals surface area (Å²) < 4.78 is 0. The molecule has 0 aromatic heterocycles. The van der Waals surface area contributed by atoms with Crippen LogP contribution in [0.1, 0.15) is 40.0 Å². The highest BCUT2D eigenvalue weighted by Gasteiger charge is 2.41. The molecule has 0 bridgehead atoms. The number of hydrogen-bond donors (Lipinski definition) is 1. The summed E-state index contributed by atoms with van der Waals surface area (Å²) in [7, 11) is 4.41. The van der Waals surface area contributed by atoms with Crippen molar-refractivity contribution in [3.63, 3.8) is 0 Å². The molecule has 2 N–H and O–H groups in total. The van der Waals surface area contributed by atoms with Crippen LogP contribution in [0.5, 0.6) is 0 Å². The lowest BCUT2D eigenvalue weighted by Crippen LogP contribution is -2.52. The van der Waals surface area contributed by atoms with Gasteiger partial charge in [0, 0.05) is 31.2 Å². The van der Waals surface area contributed by atoms with E-state index in [0.29, 0.717) is 23.5 Å². The predicted molar refractivity (Wildman–Crippen MR) is 77.6 cm³/mol. The van der Waals surface area contributed by atoms with Crippen molar-refractivity contribution in [1.82, 2.24) is 9.80 Å². The Morgan fingerprint density at radius 2 is 1.89 bits per heavy atom. The minimum atomic E-state index is 0.381. The monoisotopic (exact) mass is 253 g/mol. The highest BCUT2D eigenvalue weighted by atomic mass is 15.3. The van der Waals surface area contributed by atoms with Gasteiger partial charge in [0.25, 0.3) is 0 Å². The van der Waals surface area contributed by atoms with E-state index in [1.165, 1.54) is 32.4 Å². The van der Waals surface area contributed by atoms with Crippen LogP contribution in [-0.4, -0.2) is 55.1 Å². The molecule has 4 atom stereocenters. The average Bonchev–Trinajstić information content (AvgIpc) is 2.64. The van der Waals surface area contributed by atoms with Gasteiger partial charge in [-0.1, -0.05) is 20.8 Å². The summed E-state index contributed by atoms with van der Waals surface area (Å²) in [5, 5.41) is 0. The molecule has 106 valence electrons. The van der Waals surface area contributed by atoms with Gasteiger partial charge >= 0.3 is 0 Å². The molecule has 1 saturated carbocycles. The van der Waals surface area contributed by atoms with E-state index in [4.69, 9.17) is 5.73 Å². The summed E-state index contributed by atoms with van der Waals surface area (Å²) in [6.07, 6.45) is 3.74. The van der Waals surface area contributed by atoms with Crippen molar-refractivity contribution < 1.29 is 0 Å². The minimum absolute atomic E-state index is 0.381. The van der Waals surface area contributed by atoms with E-state index in [9.17, 15) is 0 Å². The van der Waals surface area contributed by atoms with E-state index in [2.05, 4.69) is 44.7 Å². The van der Waals surface area contributed by atoms with Gasteiger partial charge in [-0.05, 0) is 44.7 Å². The lowest BCUT2D eigenvalue weighted by atomic mass is 9.72. The third kappa shape index (κ3) is 2.89. The van der Waals surface area contributed by atoms with Crippen LogP contribution in [0.15, 0.2) is 0 Å². The van der Waals surface area contributed by atoms with Crippen LogP contribution in [-0.2, 0) is 0 Å². The molecule has 2 rings (SSSR count). The van der Waals surface area contributed by atoms with Crippen molar-refractivity contribution in [1.29, 1.82) is 0 Å². The molecule has 18 heavy (non-hydrogen) atoms. The maximum absolute atomic E-state index is 6.39. The number of rotatable bonds is 2. The lowest BCUT2D eigenvalue weighted by molar-refractivity contribution is 0.0895. The van der Waals surface area contributed by atoms with Crippen molar-refractivity contribution in [3.8, 4) is 0 Å². The van der Waals surface area contributed by atoms with Crippen LogP contribution >= 0.6 is 0 Å². The van der Waals surface area contributed by atoms with Crippen molar-refractivity contribution >= 4 is 0 Å². The molecule has 1 aliphatic heterocycles. The molecule has 0 amide bonds. The van der Waals surface area contributed by atoms with Gasteiger partial charge in [0.15, 0.2) is 0 Å². The second-order valence-corrected chi connectivity index (χ2v) is 7.60. The topological polar surface area (TPSA) is 32.5 Å². The fraction of sp³-hybridized carbons (Fsp3) is 1.00. The van der Waals surface area contributed by atoms with E-state index < -0.39 is 0 Å². The van der Waals surface area contributed by atoms with Crippen LogP contribution < -0.4 is 5.73 Å². The molecule has 0 aromatic rings. The number of likely N-dealkylation sites (tertiary alicyclic amines) is 1. The summed E-state index contributed by atoms with van der Waals surface area (Å²) in [6.45, 7) is 9.59. The highest BCUT2D eigenvalue weighted by molar-refractivity contribution is 4.98. The van der Waals surface area contributed by atoms with E-state index in [-0.39, 0.29) is 0 Å². The third-order valence-corrected chi connectivity index (χ3v) is 5.14. The normalized spacial score (nSPS) is 41.5. The van der Waals surface area contributed by atoms with Crippen molar-refractivity contribution in [2.45, 2.75) is 58.2 Å². The molecule has 0 radical (unpaired) electrons. The van der Waals surface area contributed by atoms with Crippen molar-refractivity contribution in [3.05, 3.63) is 0 Å². The highest BCUT2D eigenvalue weighted by Crippen LogP contribution is 2.38. The third-order valence-electron chi connectivity index (χ3n) is 5.14. The van der Waals surface area contributed by atoms with E-state index in [0.717, 1.165) is 5.92 Å². The van der Waals surface area contributed by atoms with Gasteiger partial charge in [-0.25, -0.2) is 0 Å². The van der Waals surface area contributed by atoms with Gasteiger partial charge < -0.3 is 10.6 Å². The van der Waals surface area contributed by atoms with Gasteiger partial charge in [-0.2, -0.15) is 0 Å². The van der Waals surface area contributed by atoms with Crippen LogP contribution in [0, 0.1) is 11.3 Å². The zero-order chi connectivity index (χ0) is 13.5. The maximum Gasteiger partial charge on any atom is 0.0254 e. The van der Waals surface area contributed by atoms with Gasteiger partial charge in [0.2, 0.25) is 0 Å². The van der Waals surface area contributed by atoms with Gasteiger partial charge in [0.1, 0.15) is 0 Å². The first kappa shape index (κ1) is 14.3. The molecule has 0 aromatic carbocycles. The Bertz CT molecular complexity index is 287. The zero-order valence-corrected chi connectivity index (χ0v) is 12.8. The predicted octanol–water partition coefficient (Wildman–Crippen LogP) is 1.77. The molecule has 4 unspecified atom stereocenters. The summed E-state index contributed by atoms with van der Waals surface area (Å²) in [6, 6.07) is 1.68. The molecule has 2 fully saturated rings. The van der Waals surface area contributed by atoms with E-state index in [1.807, 2.05) is 0 Å². The quantitative estimate of drug-likeness (QED) is 0.814. The average molecular weight is 253 g/mol. The molecule has 1 saturated heterocycles. The van der Waals surface area contributed by atoms with Crippen molar-refractivity contribution in [2.75, 3.05) is 27.2 Å². The van der Waals surface area contributed by atoms with E-state index >= 15 is 0 Å². The Morgan fingerprint density at radius 1 is 1.22 bits per heavy atom. The zero-order valence-electron chi connectivity index (χ0n) is 12.8. The van der Waals surface area contributed by atoms with Gasteiger partial charge in [-0.3, -0.25) is 4.90 Å². The molecule has 1 aliphatic carbocycles. The molecule has 2 aliphatic rings. The van der Waals surface area contributed by atoms with Crippen LogP contribution in [0.2, 0.25) is 0 Å². The number of hydrogen-bond acceptors (Lipinski definition) is 3. The Kier molecular flexibility index (Phi) is 4.05. The number of likely N-dealkylation sites (N-methyl/N-ethyl adjacent to an activating group) is 1. The minimum Gasteiger partial charge on any atom is -0.326 e. The molecular formula is C15H31N3. The first-order valence-electron chi connectivity index (χ1n) is 7.46. The first-order valence-corrected chi connectivity index (χ1v) is 7.46. The number of nitrogens with two attached hydrogens (primary N) is 1. The van der Waals surface area contributed by atoms with Gasteiger partial charge in [-0.15, -0.1) is 0 Å². The smallest absolute Gasteiger partial charge is 0.0254 e. The van der Waals surface area contributed by atoms with Crippen LogP contribution in [0.3, 0.4) is 0 Å². The lowest BCUT2D eigenvalue weighted by Gasteiger charge is -2.43. The van der Waals surface area contributed by atoms with Crippen LogP contribution in [0.25, 0.3) is 0 Å². The second-order valence-electron chi connectivity index (χ2n) is 7.60. The van der Waals surface area contributed by atoms with Crippen molar-refractivity contribution in [2.24, 2.45) is 17.1 Å². The standard InChI is InChI=1S/C15H31N3/c1-11-9-18(10-14(11)17(4)5)13-8-15(2,3)7-6-12(13)16/h11-14H,6-10,16H2,1-5H3. The Morgan fingerprint density at radius 3 is 2.44 bits per heavy atom.